The summed E-state index contributed by atoms with van der Waals surface area (Å²) in [5, 5.41) is 12.0. The number of rotatable bonds is 2. The molecule has 1 saturated heterocycles. The Morgan fingerprint density at radius 2 is 2.25 bits per heavy atom. The minimum Gasteiger partial charge on any atom is -0.481 e. The molecule has 6 heteroatoms. The molecule has 0 saturated carbocycles. The van der Waals surface area contributed by atoms with Crippen LogP contribution in [0.5, 0.6) is 0 Å². The van der Waals surface area contributed by atoms with Crippen molar-refractivity contribution in [3.05, 3.63) is 9.98 Å². The van der Waals surface area contributed by atoms with E-state index in [1.165, 1.54) is 0 Å². The largest absolute Gasteiger partial charge is 0.481 e. The van der Waals surface area contributed by atoms with Crippen molar-refractivity contribution >= 4 is 38.4 Å². The number of anilines is 1. The van der Waals surface area contributed by atoms with Crippen LogP contribution in [0.25, 0.3) is 0 Å². The maximum Gasteiger partial charge on any atom is 0.309 e. The summed E-state index contributed by atoms with van der Waals surface area (Å²) in [6.45, 7) is 3.36. The summed E-state index contributed by atoms with van der Waals surface area (Å²) in [6.07, 6.45) is 1.36. The van der Waals surface area contributed by atoms with E-state index < -0.39 is 11.4 Å². The molecule has 0 aliphatic carbocycles. The molecule has 88 valence electrons. The molecule has 0 unspecified atom stereocenters. The molecule has 2 heterocycles. The topological polar surface area (TPSA) is 53.4 Å². The number of piperidine rings is 1. The van der Waals surface area contributed by atoms with Crippen LogP contribution in [0.1, 0.15) is 19.8 Å². The number of aromatic nitrogens is 1. The zero-order chi connectivity index (χ0) is 11.8. The Morgan fingerprint density at radius 3 is 2.69 bits per heavy atom. The normalized spacial score (nSPS) is 19.8. The summed E-state index contributed by atoms with van der Waals surface area (Å²) in [4.78, 5) is 17.6. The van der Waals surface area contributed by atoms with Crippen molar-refractivity contribution in [2.24, 2.45) is 5.41 Å². The highest BCUT2D eigenvalue weighted by Gasteiger charge is 2.37. The summed E-state index contributed by atoms with van der Waals surface area (Å²) >= 11 is 4.91. The highest BCUT2D eigenvalue weighted by atomic mass is 79.9. The number of carboxylic acid groups (broad SMARTS) is 1. The number of nitrogens with zero attached hydrogens (tertiary/aromatic N) is 2. The van der Waals surface area contributed by atoms with Gasteiger partial charge in [0.15, 0.2) is 5.13 Å². The van der Waals surface area contributed by atoms with Gasteiger partial charge in [-0.05, 0) is 35.7 Å². The van der Waals surface area contributed by atoms with Gasteiger partial charge < -0.3 is 10.0 Å². The second-order valence-electron chi connectivity index (χ2n) is 4.31. The minimum atomic E-state index is -0.688. The number of carboxylic acids is 1. The van der Waals surface area contributed by atoms with Crippen LogP contribution >= 0.6 is 27.3 Å². The second kappa shape index (κ2) is 4.33. The van der Waals surface area contributed by atoms with Gasteiger partial charge in [0.25, 0.3) is 0 Å². The van der Waals surface area contributed by atoms with Crippen molar-refractivity contribution in [2.75, 3.05) is 18.0 Å². The average Bonchev–Trinajstić information content (AvgIpc) is 2.66. The molecule has 2 rings (SSSR count). The first-order valence-electron chi connectivity index (χ1n) is 5.11. The molecule has 1 aromatic rings. The Hall–Kier alpha value is -0.620. The Balaban J connectivity index is 2.03. The van der Waals surface area contributed by atoms with Crippen LogP contribution < -0.4 is 4.90 Å². The third-order valence-corrected chi connectivity index (χ3v) is 4.73. The van der Waals surface area contributed by atoms with E-state index in [1.807, 2.05) is 12.3 Å². The van der Waals surface area contributed by atoms with E-state index in [-0.39, 0.29) is 0 Å². The van der Waals surface area contributed by atoms with Crippen LogP contribution in [0.3, 0.4) is 0 Å². The summed E-state index contributed by atoms with van der Waals surface area (Å²) in [7, 11) is 0. The van der Waals surface area contributed by atoms with E-state index in [2.05, 4.69) is 25.8 Å². The van der Waals surface area contributed by atoms with Gasteiger partial charge in [-0.3, -0.25) is 4.79 Å². The van der Waals surface area contributed by atoms with E-state index in [4.69, 9.17) is 5.11 Å². The maximum absolute atomic E-state index is 11.1. The standard InChI is InChI=1S/C10H13BrN2O2S/c1-10(8(14)15)2-4-13(5-3-10)9-12-7(11)6-16-9/h6H,2-5H2,1H3,(H,14,15). The van der Waals surface area contributed by atoms with Crippen LogP contribution in [-0.2, 0) is 4.79 Å². The van der Waals surface area contributed by atoms with Crippen molar-refractivity contribution in [1.29, 1.82) is 0 Å². The van der Waals surface area contributed by atoms with Gasteiger partial charge >= 0.3 is 5.97 Å². The van der Waals surface area contributed by atoms with E-state index in [0.29, 0.717) is 12.8 Å². The average molecular weight is 305 g/mol. The van der Waals surface area contributed by atoms with Gasteiger partial charge in [0.2, 0.25) is 0 Å². The van der Waals surface area contributed by atoms with Gasteiger partial charge in [-0.2, -0.15) is 0 Å². The fourth-order valence-corrected chi connectivity index (χ4v) is 3.10. The van der Waals surface area contributed by atoms with Gasteiger partial charge in [-0.15, -0.1) is 11.3 Å². The Bertz CT molecular complexity index is 399. The molecule has 1 fully saturated rings. The van der Waals surface area contributed by atoms with Crippen molar-refractivity contribution in [1.82, 2.24) is 4.98 Å². The fourth-order valence-electron chi connectivity index (χ4n) is 1.80. The molecule has 0 atom stereocenters. The van der Waals surface area contributed by atoms with Crippen LogP contribution in [0, 0.1) is 5.41 Å². The minimum absolute atomic E-state index is 0.564. The summed E-state index contributed by atoms with van der Waals surface area (Å²) in [5.41, 5.74) is -0.564. The van der Waals surface area contributed by atoms with Crippen molar-refractivity contribution in [3.8, 4) is 0 Å². The Labute approximate surface area is 106 Å². The number of carbonyl (C=O) groups is 1. The molecule has 0 amide bonds. The van der Waals surface area contributed by atoms with Crippen LogP contribution in [0.15, 0.2) is 9.98 Å². The first-order chi connectivity index (χ1) is 7.51. The van der Waals surface area contributed by atoms with Crippen LogP contribution in [0.2, 0.25) is 0 Å². The SMILES string of the molecule is CC1(C(=O)O)CCN(c2nc(Br)cs2)CC1. The Kier molecular flexibility index (Phi) is 3.21. The molecule has 1 N–H and O–H groups in total. The smallest absolute Gasteiger partial charge is 0.309 e. The van der Waals surface area contributed by atoms with Gasteiger partial charge in [-0.1, -0.05) is 0 Å². The third-order valence-electron chi connectivity index (χ3n) is 3.12. The lowest BCUT2D eigenvalue weighted by atomic mass is 9.81. The summed E-state index contributed by atoms with van der Waals surface area (Å²) in [6, 6.07) is 0. The van der Waals surface area contributed by atoms with Crippen LogP contribution in [0.4, 0.5) is 5.13 Å². The highest BCUT2D eigenvalue weighted by Crippen LogP contribution is 2.34. The number of hydrogen-bond donors (Lipinski definition) is 1. The molecule has 0 bridgehead atoms. The van der Waals surface area contributed by atoms with Gasteiger partial charge in [0.1, 0.15) is 4.60 Å². The molecule has 1 aromatic heterocycles. The van der Waals surface area contributed by atoms with Gasteiger partial charge in [0, 0.05) is 18.5 Å². The summed E-state index contributed by atoms with van der Waals surface area (Å²) < 4.78 is 0.846. The molecule has 0 aromatic carbocycles. The van der Waals surface area contributed by atoms with E-state index in [9.17, 15) is 4.79 Å². The monoisotopic (exact) mass is 304 g/mol. The van der Waals surface area contributed by atoms with E-state index in [1.54, 1.807) is 11.3 Å². The first-order valence-corrected chi connectivity index (χ1v) is 6.78. The molecule has 0 radical (unpaired) electrons. The van der Waals surface area contributed by atoms with Gasteiger partial charge in [0.05, 0.1) is 5.41 Å². The fraction of sp³-hybridized carbons (Fsp3) is 0.600. The van der Waals surface area contributed by atoms with Crippen molar-refractivity contribution < 1.29 is 9.90 Å². The molecule has 16 heavy (non-hydrogen) atoms. The lowest BCUT2D eigenvalue weighted by molar-refractivity contribution is -0.149. The molecular weight excluding hydrogens is 292 g/mol. The zero-order valence-corrected chi connectivity index (χ0v) is 11.3. The number of hydrogen-bond acceptors (Lipinski definition) is 4. The highest BCUT2D eigenvalue weighted by molar-refractivity contribution is 9.10. The van der Waals surface area contributed by atoms with Crippen molar-refractivity contribution in [3.63, 3.8) is 0 Å². The van der Waals surface area contributed by atoms with E-state index in [0.717, 1.165) is 22.8 Å². The molecule has 0 spiro atoms. The number of halogens is 1. The first kappa shape index (κ1) is 11.9. The quantitative estimate of drug-likeness (QED) is 0.912. The summed E-state index contributed by atoms with van der Waals surface area (Å²) in [5.74, 6) is -0.688. The molecule has 4 nitrogen and oxygen atoms in total. The second-order valence-corrected chi connectivity index (χ2v) is 5.95. The lowest BCUT2D eigenvalue weighted by Gasteiger charge is -2.36. The van der Waals surface area contributed by atoms with E-state index >= 15 is 0 Å². The van der Waals surface area contributed by atoms with Crippen LogP contribution in [-0.4, -0.2) is 29.1 Å². The molecule has 1 aliphatic rings. The predicted octanol–water partition coefficient (Wildman–Crippen LogP) is 2.60. The maximum atomic E-state index is 11.1. The lowest BCUT2D eigenvalue weighted by Crippen LogP contribution is -2.42. The molecular formula is C10H13BrN2O2S. The number of thiazole rings is 1. The predicted molar refractivity (Wildman–Crippen MR) is 67.0 cm³/mol. The van der Waals surface area contributed by atoms with Gasteiger partial charge in [-0.25, -0.2) is 4.98 Å². The zero-order valence-electron chi connectivity index (χ0n) is 8.94. The number of aliphatic carboxylic acids is 1. The van der Waals surface area contributed by atoms with Crippen molar-refractivity contribution in [2.45, 2.75) is 19.8 Å². The third kappa shape index (κ3) is 2.22. The molecule has 1 aliphatic heterocycles. The Morgan fingerprint density at radius 1 is 1.62 bits per heavy atom.